The summed E-state index contributed by atoms with van der Waals surface area (Å²) in [6, 6.07) is 5.53. The van der Waals surface area contributed by atoms with Crippen molar-refractivity contribution in [2.75, 3.05) is 17.3 Å². The molecule has 0 bridgehead atoms. The summed E-state index contributed by atoms with van der Waals surface area (Å²) in [5, 5.41) is 5.25. The van der Waals surface area contributed by atoms with Crippen LogP contribution in [0.25, 0.3) is 9.75 Å². The van der Waals surface area contributed by atoms with Crippen LogP contribution in [0.5, 0.6) is 0 Å². The second-order valence-electron chi connectivity index (χ2n) is 9.07. The number of amides is 2. The maximum atomic E-state index is 13.6. The predicted molar refractivity (Wildman–Crippen MR) is 143 cm³/mol. The number of carbonyl (C=O) groups excluding carboxylic acids is 3. The van der Waals surface area contributed by atoms with Crippen LogP contribution in [0, 0.1) is 11.8 Å². The minimum atomic E-state index is -0.458. The van der Waals surface area contributed by atoms with Gasteiger partial charge in [0.2, 0.25) is 5.91 Å². The number of ether oxygens (including phenoxy) is 1. The number of carbonyl (C=O) groups is 3. The molecule has 1 N–H and O–H groups in total. The number of thiazole rings is 1. The second kappa shape index (κ2) is 11.0. The number of esters is 1. The zero-order chi connectivity index (χ0) is 25.1. The van der Waals surface area contributed by atoms with Crippen molar-refractivity contribution in [1.82, 2.24) is 4.98 Å². The molecule has 35 heavy (non-hydrogen) atoms. The van der Waals surface area contributed by atoms with E-state index in [2.05, 4.69) is 17.2 Å². The van der Waals surface area contributed by atoms with Gasteiger partial charge in [-0.1, -0.05) is 6.92 Å². The Morgan fingerprint density at radius 3 is 2.49 bits per heavy atom. The molecule has 186 valence electrons. The SMILES string of the molecule is COC(=O)c1sc(-c2ccc(NC(=O)c3cscn3)s2)cc1N(C(=O)[C@H]1CC[C@H](C)CC1)C(C)C. The van der Waals surface area contributed by atoms with Crippen LogP contribution in [0.15, 0.2) is 29.1 Å². The van der Waals surface area contributed by atoms with Crippen molar-refractivity contribution in [3.8, 4) is 9.75 Å². The van der Waals surface area contributed by atoms with Gasteiger partial charge in [-0.3, -0.25) is 9.59 Å². The van der Waals surface area contributed by atoms with Gasteiger partial charge in [0.25, 0.3) is 5.91 Å². The highest BCUT2D eigenvalue weighted by molar-refractivity contribution is 7.25. The molecule has 1 aliphatic carbocycles. The van der Waals surface area contributed by atoms with Gasteiger partial charge in [-0.05, 0) is 63.6 Å². The van der Waals surface area contributed by atoms with Crippen LogP contribution in [0.3, 0.4) is 0 Å². The molecule has 0 aromatic carbocycles. The normalized spacial score (nSPS) is 17.9. The van der Waals surface area contributed by atoms with E-state index >= 15 is 0 Å². The highest BCUT2D eigenvalue weighted by Crippen LogP contribution is 2.43. The number of methoxy groups -OCH3 is 1. The molecule has 0 radical (unpaired) electrons. The maximum absolute atomic E-state index is 13.6. The maximum Gasteiger partial charge on any atom is 0.350 e. The monoisotopic (exact) mass is 531 g/mol. The molecule has 1 aliphatic rings. The van der Waals surface area contributed by atoms with Gasteiger partial charge in [0, 0.05) is 27.1 Å². The molecule has 10 heteroatoms. The molecular formula is C25H29N3O4S3. The van der Waals surface area contributed by atoms with Crippen molar-refractivity contribution < 1.29 is 19.1 Å². The average Bonchev–Trinajstić information content (AvgIpc) is 3.60. The van der Waals surface area contributed by atoms with Gasteiger partial charge >= 0.3 is 5.97 Å². The fourth-order valence-electron chi connectivity index (χ4n) is 4.31. The Hall–Kier alpha value is -2.56. The van der Waals surface area contributed by atoms with E-state index < -0.39 is 5.97 Å². The lowest BCUT2D eigenvalue weighted by atomic mass is 9.82. The standard InChI is InChI=1S/C25H29N3O4S3/c1-14(2)28(24(30)16-7-5-15(3)6-8-16)18-11-20(35-22(18)25(31)32-4)19-9-10-21(34-19)27-23(29)17-12-33-13-26-17/h9-16H,5-8H2,1-4H3,(H,27,29)/t15-,16-. The number of anilines is 2. The van der Waals surface area contributed by atoms with Gasteiger partial charge < -0.3 is 15.0 Å². The van der Waals surface area contributed by atoms with Gasteiger partial charge in [-0.25, -0.2) is 9.78 Å². The van der Waals surface area contributed by atoms with Crippen molar-refractivity contribution in [3.63, 3.8) is 0 Å². The van der Waals surface area contributed by atoms with E-state index in [-0.39, 0.29) is 23.8 Å². The summed E-state index contributed by atoms with van der Waals surface area (Å²) in [6.07, 6.45) is 3.85. The summed E-state index contributed by atoms with van der Waals surface area (Å²) in [4.78, 5) is 46.7. The minimum Gasteiger partial charge on any atom is -0.465 e. The third-order valence-electron chi connectivity index (χ3n) is 6.21. The molecule has 4 rings (SSSR count). The first-order valence-electron chi connectivity index (χ1n) is 11.6. The van der Waals surface area contributed by atoms with Crippen LogP contribution in [-0.4, -0.2) is 35.9 Å². The van der Waals surface area contributed by atoms with Crippen LogP contribution in [0.1, 0.15) is 66.6 Å². The molecule has 0 atom stereocenters. The zero-order valence-electron chi connectivity index (χ0n) is 20.2. The van der Waals surface area contributed by atoms with E-state index in [1.807, 2.05) is 32.0 Å². The van der Waals surface area contributed by atoms with Crippen LogP contribution in [-0.2, 0) is 9.53 Å². The molecule has 0 spiro atoms. The first kappa shape index (κ1) is 25.5. The Morgan fingerprint density at radius 1 is 1.11 bits per heavy atom. The Kier molecular flexibility index (Phi) is 8.03. The molecule has 7 nitrogen and oxygen atoms in total. The Morgan fingerprint density at radius 2 is 1.86 bits per heavy atom. The smallest absolute Gasteiger partial charge is 0.350 e. The number of hydrogen-bond acceptors (Lipinski definition) is 8. The fraction of sp³-hybridized carbons (Fsp3) is 0.440. The number of nitrogens with zero attached hydrogens (tertiary/aromatic N) is 2. The Balaban J connectivity index is 1.63. The Labute approximate surface area is 217 Å². The average molecular weight is 532 g/mol. The highest BCUT2D eigenvalue weighted by atomic mass is 32.1. The van der Waals surface area contributed by atoms with Gasteiger partial charge in [0.15, 0.2) is 0 Å². The second-order valence-corrected chi connectivity index (χ2v) is 11.9. The van der Waals surface area contributed by atoms with Gasteiger partial charge in [-0.2, -0.15) is 0 Å². The number of hydrogen-bond donors (Lipinski definition) is 1. The predicted octanol–water partition coefficient (Wildman–Crippen LogP) is 6.54. The third-order valence-corrected chi connectivity index (χ3v) is 9.10. The van der Waals surface area contributed by atoms with E-state index in [1.165, 1.54) is 41.1 Å². The summed E-state index contributed by atoms with van der Waals surface area (Å²) in [5.41, 5.74) is 2.59. The van der Waals surface area contributed by atoms with Crippen molar-refractivity contribution in [2.45, 2.75) is 52.5 Å². The first-order valence-corrected chi connectivity index (χ1v) is 14.2. The summed E-state index contributed by atoms with van der Waals surface area (Å²) < 4.78 is 5.07. The van der Waals surface area contributed by atoms with Crippen LogP contribution in [0.4, 0.5) is 10.7 Å². The molecule has 0 aliphatic heterocycles. The van der Waals surface area contributed by atoms with E-state index in [0.29, 0.717) is 27.2 Å². The van der Waals surface area contributed by atoms with E-state index in [9.17, 15) is 14.4 Å². The van der Waals surface area contributed by atoms with Crippen molar-refractivity contribution in [3.05, 3.63) is 39.7 Å². The van der Waals surface area contributed by atoms with Crippen molar-refractivity contribution in [1.29, 1.82) is 0 Å². The topological polar surface area (TPSA) is 88.6 Å². The van der Waals surface area contributed by atoms with Gasteiger partial charge in [0.1, 0.15) is 10.6 Å². The zero-order valence-corrected chi connectivity index (χ0v) is 22.6. The van der Waals surface area contributed by atoms with E-state index in [4.69, 9.17) is 4.74 Å². The number of nitrogens with one attached hydrogen (secondary N) is 1. The summed E-state index contributed by atoms with van der Waals surface area (Å²) in [6.45, 7) is 6.17. The number of rotatable bonds is 7. The van der Waals surface area contributed by atoms with E-state index in [1.54, 1.807) is 15.8 Å². The molecule has 1 fully saturated rings. The lowest BCUT2D eigenvalue weighted by molar-refractivity contribution is -0.123. The van der Waals surface area contributed by atoms with Gasteiger partial charge in [0.05, 0.1) is 23.3 Å². The molecule has 0 saturated heterocycles. The lowest BCUT2D eigenvalue weighted by Gasteiger charge is -2.33. The van der Waals surface area contributed by atoms with Crippen LogP contribution in [0.2, 0.25) is 0 Å². The highest BCUT2D eigenvalue weighted by Gasteiger charge is 2.33. The molecule has 3 aromatic heterocycles. The van der Waals surface area contributed by atoms with Crippen LogP contribution >= 0.6 is 34.0 Å². The molecule has 1 saturated carbocycles. The molecule has 3 aromatic rings. The quantitative estimate of drug-likeness (QED) is 0.350. The minimum absolute atomic E-state index is 0.0308. The fourth-order valence-corrected chi connectivity index (χ4v) is 6.90. The molecular weight excluding hydrogens is 502 g/mol. The first-order chi connectivity index (χ1) is 16.8. The lowest BCUT2D eigenvalue weighted by Crippen LogP contribution is -2.42. The van der Waals surface area contributed by atoms with Crippen molar-refractivity contribution >= 4 is 62.5 Å². The third kappa shape index (κ3) is 5.65. The molecule has 0 unspecified atom stereocenters. The molecule has 2 amide bonds. The summed E-state index contributed by atoms with van der Waals surface area (Å²) >= 11 is 4.08. The largest absolute Gasteiger partial charge is 0.465 e. The summed E-state index contributed by atoms with van der Waals surface area (Å²) in [5.74, 6) is -0.0322. The number of aromatic nitrogens is 1. The van der Waals surface area contributed by atoms with E-state index in [0.717, 1.165) is 35.4 Å². The molecule has 3 heterocycles. The van der Waals surface area contributed by atoms with Gasteiger partial charge in [-0.15, -0.1) is 34.0 Å². The van der Waals surface area contributed by atoms with Crippen molar-refractivity contribution in [2.24, 2.45) is 11.8 Å². The Bertz CT molecular complexity index is 1190. The van der Waals surface area contributed by atoms with Crippen LogP contribution < -0.4 is 10.2 Å². The number of thiophene rings is 2. The summed E-state index contributed by atoms with van der Waals surface area (Å²) in [7, 11) is 1.35.